The van der Waals surface area contributed by atoms with E-state index in [0.717, 1.165) is 21.9 Å². The minimum Gasteiger partial charge on any atom is -0.348 e. The van der Waals surface area contributed by atoms with Gasteiger partial charge in [0, 0.05) is 6.08 Å². The van der Waals surface area contributed by atoms with Crippen molar-refractivity contribution in [1.29, 1.82) is 0 Å². The van der Waals surface area contributed by atoms with Crippen LogP contribution in [0.1, 0.15) is 31.0 Å². The largest absolute Gasteiger partial charge is 0.348 e. The minimum absolute atomic E-state index is 0.156. The summed E-state index contributed by atoms with van der Waals surface area (Å²) in [5.41, 5.74) is 1.95. The van der Waals surface area contributed by atoms with Gasteiger partial charge in [0.05, 0.1) is 6.04 Å². The molecule has 0 heterocycles. The maximum absolute atomic E-state index is 12.5. The van der Waals surface area contributed by atoms with Crippen LogP contribution in [0.2, 0.25) is 0 Å². The first-order valence-electron chi connectivity index (χ1n) is 9.35. The van der Waals surface area contributed by atoms with Crippen LogP contribution in [0.15, 0.2) is 78.9 Å². The molecule has 0 saturated carbocycles. The zero-order valence-corrected chi connectivity index (χ0v) is 16.1. The van der Waals surface area contributed by atoms with Gasteiger partial charge in [-0.15, -0.1) is 0 Å². The van der Waals surface area contributed by atoms with Gasteiger partial charge >= 0.3 is 0 Å². The van der Waals surface area contributed by atoms with Crippen LogP contribution >= 0.6 is 0 Å². The van der Waals surface area contributed by atoms with E-state index in [2.05, 4.69) is 28.8 Å². The van der Waals surface area contributed by atoms with Crippen molar-refractivity contribution in [1.82, 2.24) is 10.6 Å². The Hall–Kier alpha value is -3.40. The van der Waals surface area contributed by atoms with Crippen molar-refractivity contribution < 1.29 is 9.59 Å². The second-order valence-electron chi connectivity index (χ2n) is 6.81. The Bertz CT molecular complexity index is 996. The summed E-state index contributed by atoms with van der Waals surface area (Å²) in [5, 5.41) is 7.96. The van der Waals surface area contributed by atoms with E-state index in [1.54, 1.807) is 13.0 Å². The van der Waals surface area contributed by atoms with Crippen molar-refractivity contribution in [3.63, 3.8) is 0 Å². The highest BCUT2D eigenvalue weighted by atomic mass is 16.2. The molecule has 3 aromatic carbocycles. The van der Waals surface area contributed by atoms with Crippen LogP contribution in [0, 0.1) is 0 Å². The summed E-state index contributed by atoms with van der Waals surface area (Å²) in [6.07, 6.45) is 3.16. The molecule has 0 fully saturated rings. The van der Waals surface area contributed by atoms with Gasteiger partial charge in [-0.25, -0.2) is 0 Å². The SMILES string of the molecule is CC(NC(=O)C=Cc1ccccc1)C(=O)NC(C)c1ccc2ccccc2c1. The molecule has 28 heavy (non-hydrogen) atoms. The number of carbonyl (C=O) groups is 2. The second-order valence-corrected chi connectivity index (χ2v) is 6.81. The number of hydrogen-bond acceptors (Lipinski definition) is 2. The Morgan fingerprint density at radius 2 is 1.50 bits per heavy atom. The van der Waals surface area contributed by atoms with Crippen molar-refractivity contribution in [2.45, 2.75) is 25.9 Å². The van der Waals surface area contributed by atoms with E-state index < -0.39 is 6.04 Å². The topological polar surface area (TPSA) is 58.2 Å². The summed E-state index contributed by atoms with van der Waals surface area (Å²) in [7, 11) is 0. The van der Waals surface area contributed by atoms with Crippen LogP contribution in [0.25, 0.3) is 16.8 Å². The van der Waals surface area contributed by atoms with Crippen LogP contribution in [-0.4, -0.2) is 17.9 Å². The van der Waals surface area contributed by atoms with E-state index >= 15 is 0 Å². The van der Waals surface area contributed by atoms with E-state index in [-0.39, 0.29) is 17.9 Å². The molecule has 0 aliphatic carbocycles. The molecule has 0 aliphatic heterocycles. The first-order valence-corrected chi connectivity index (χ1v) is 9.35. The molecule has 0 aromatic heterocycles. The Morgan fingerprint density at radius 3 is 2.25 bits per heavy atom. The molecule has 4 nitrogen and oxygen atoms in total. The van der Waals surface area contributed by atoms with Gasteiger partial charge in [0.25, 0.3) is 0 Å². The summed E-state index contributed by atoms with van der Waals surface area (Å²) in [4.78, 5) is 24.5. The van der Waals surface area contributed by atoms with Crippen molar-refractivity contribution in [3.8, 4) is 0 Å². The summed E-state index contributed by atoms with van der Waals surface area (Å²) >= 11 is 0. The molecular formula is C24H24N2O2. The first kappa shape index (κ1) is 19.4. The fourth-order valence-electron chi connectivity index (χ4n) is 2.96. The summed E-state index contributed by atoms with van der Waals surface area (Å²) in [5.74, 6) is -0.521. The molecule has 0 saturated heterocycles. The Labute approximate surface area is 165 Å². The van der Waals surface area contributed by atoms with Gasteiger partial charge in [0.1, 0.15) is 6.04 Å². The maximum atomic E-state index is 12.5. The Morgan fingerprint density at radius 1 is 0.821 bits per heavy atom. The van der Waals surface area contributed by atoms with Gasteiger partial charge < -0.3 is 10.6 Å². The van der Waals surface area contributed by atoms with Crippen LogP contribution < -0.4 is 10.6 Å². The number of amides is 2. The molecule has 3 aromatic rings. The number of carbonyl (C=O) groups excluding carboxylic acids is 2. The Kier molecular flexibility index (Phi) is 6.22. The predicted molar refractivity (Wildman–Crippen MR) is 114 cm³/mol. The standard InChI is InChI=1S/C24H24N2O2/c1-17(21-14-13-20-10-6-7-11-22(20)16-21)26-24(28)18(2)25-23(27)15-12-19-8-4-3-5-9-19/h3-18H,1-2H3,(H,25,27)(H,26,28). The molecule has 3 rings (SSSR count). The van der Waals surface area contributed by atoms with Gasteiger partial charge in [-0.3, -0.25) is 9.59 Å². The molecule has 2 unspecified atom stereocenters. The van der Waals surface area contributed by atoms with Crippen molar-refractivity contribution in [2.75, 3.05) is 0 Å². The van der Waals surface area contributed by atoms with Gasteiger partial charge in [-0.05, 0) is 47.9 Å². The quantitative estimate of drug-likeness (QED) is 0.636. The van der Waals surface area contributed by atoms with Gasteiger partial charge in [0.15, 0.2) is 0 Å². The fraction of sp³-hybridized carbons (Fsp3) is 0.167. The molecule has 2 atom stereocenters. The number of fused-ring (bicyclic) bond motifs is 1. The molecule has 4 heteroatoms. The third-order valence-electron chi connectivity index (χ3n) is 4.61. The molecular weight excluding hydrogens is 348 g/mol. The van der Waals surface area contributed by atoms with E-state index in [4.69, 9.17) is 0 Å². The summed E-state index contributed by atoms with van der Waals surface area (Å²) in [6, 6.07) is 23.0. The average molecular weight is 372 g/mol. The monoisotopic (exact) mass is 372 g/mol. The first-order chi connectivity index (χ1) is 13.5. The highest BCUT2D eigenvalue weighted by Crippen LogP contribution is 2.20. The lowest BCUT2D eigenvalue weighted by atomic mass is 10.0. The van der Waals surface area contributed by atoms with E-state index in [1.165, 1.54) is 6.08 Å². The predicted octanol–water partition coefficient (Wildman–Crippen LogP) is 4.24. The highest BCUT2D eigenvalue weighted by Gasteiger charge is 2.17. The highest BCUT2D eigenvalue weighted by molar-refractivity contribution is 5.95. The van der Waals surface area contributed by atoms with Crippen LogP contribution in [0.4, 0.5) is 0 Å². The maximum Gasteiger partial charge on any atom is 0.244 e. The second kappa shape index (κ2) is 9.00. The number of nitrogens with one attached hydrogen (secondary N) is 2. The average Bonchev–Trinajstić information content (AvgIpc) is 2.72. The lowest BCUT2D eigenvalue weighted by Crippen LogP contribution is -2.45. The molecule has 0 aliphatic rings. The normalized spacial score (nSPS) is 13.2. The van der Waals surface area contributed by atoms with Crippen molar-refractivity contribution >= 4 is 28.7 Å². The van der Waals surface area contributed by atoms with Crippen LogP contribution in [-0.2, 0) is 9.59 Å². The molecule has 2 N–H and O–H groups in total. The number of rotatable bonds is 6. The zero-order chi connectivity index (χ0) is 19.9. The van der Waals surface area contributed by atoms with Crippen LogP contribution in [0.5, 0.6) is 0 Å². The Balaban J connectivity index is 1.56. The van der Waals surface area contributed by atoms with E-state index in [1.807, 2.05) is 61.5 Å². The summed E-state index contributed by atoms with van der Waals surface area (Å²) in [6.45, 7) is 3.61. The summed E-state index contributed by atoms with van der Waals surface area (Å²) < 4.78 is 0. The fourth-order valence-corrected chi connectivity index (χ4v) is 2.96. The molecule has 142 valence electrons. The zero-order valence-electron chi connectivity index (χ0n) is 16.1. The van der Waals surface area contributed by atoms with Crippen molar-refractivity contribution in [3.05, 3.63) is 90.0 Å². The lowest BCUT2D eigenvalue weighted by molar-refractivity contribution is -0.127. The molecule has 0 bridgehead atoms. The smallest absolute Gasteiger partial charge is 0.244 e. The van der Waals surface area contributed by atoms with Crippen LogP contribution in [0.3, 0.4) is 0 Å². The van der Waals surface area contributed by atoms with Gasteiger partial charge in [-0.1, -0.05) is 66.7 Å². The molecule has 2 amide bonds. The minimum atomic E-state index is -0.629. The number of hydrogen-bond donors (Lipinski definition) is 2. The van der Waals surface area contributed by atoms with Crippen molar-refractivity contribution in [2.24, 2.45) is 0 Å². The van der Waals surface area contributed by atoms with Gasteiger partial charge in [-0.2, -0.15) is 0 Å². The van der Waals surface area contributed by atoms with E-state index in [9.17, 15) is 9.59 Å². The van der Waals surface area contributed by atoms with E-state index in [0.29, 0.717) is 0 Å². The van der Waals surface area contributed by atoms with Gasteiger partial charge in [0.2, 0.25) is 11.8 Å². The third-order valence-corrected chi connectivity index (χ3v) is 4.61. The lowest BCUT2D eigenvalue weighted by Gasteiger charge is -2.19. The number of benzene rings is 3. The molecule has 0 spiro atoms. The molecule has 0 radical (unpaired) electrons. The third kappa shape index (κ3) is 5.07.